The van der Waals surface area contributed by atoms with Gasteiger partial charge in [-0.1, -0.05) is 286 Å². The highest BCUT2D eigenvalue weighted by molar-refractivity contribution is 5.76. The lowest BCUT2D eigenvalue weighted by atomic mass is 9.96. The molecule has 19 nitrogen and oxygen atoms in total. The van der Waals surface area contributed by atoms with Gasteiger partial charge in [0, 0.05) is 6.42 Å². The van der Waals surface area contributed by atoms with Crippen LogP contribution < -0.4 is 5.32 Å². The van der Waals surface area contributed by atoms with E-state index in [0.29, 0.717) is 12.8 Å². The minimum absolute atomic E-state index is 0.246. The van der Waals surface area contributed by atoms with Crippen LogP contribution >= 0.6 is 0 Å². The Labute approximate surface area is 585 Å². The summed E-state index contributed by atoms with van der Waals surface area (Å²) in [6.07, 6.45) is 48.3. The normalized spacial score (nSPS) is 27.3. The highest BCUT2D eigenvalue weighted by Gasteiger charge is 2.54. The number of amides is 1. The molecule has 0 aromatic heterocycles. The highest BCUT2D eigenvalue weighted by atomic mass is 16.8. The minimum Gasteiger partial charge on any atom is -0.394 e. The predicted molar refractivity (Wildman–Crippen MR) is 383 cm³/mol. The van der Waals surface area contributed by atoms with Gasteiger partial charge in [0.05, 0.1) is 38.6 Å². The molecule has 0 aliphatic carbocycles. The smallest absolute Gasteiger partial charge is 0.220 e. The van der Waals surface area contributed by atoms with Crippen LogP contribution in [0.15, 0.2) is 72.9 Å². The standard InChI is InChI=1S/C78H139NO18/c1-3-5-7-9-11-13-15-17-19-21-23-25-27-29-30-32-33-35-37-39-41-43-45-47-49-51-53-55-62(83)61(79-66(84)56-54-52-50-48-46-44-42-40-38-36-34-31-28-26-24-22-20-18-16-14-12-10-8-6-4-2)60-92-76-72(90)69(87)74(64(58-81)94-76)97-78-73(91)70(88)75(65(59-82)95-78)96-77-71(89)68(86)67(85)63(57-80)93-77/h6,8,12,14,18,20,24,26,31,34,38,40,61-65,67-78,80-83,85-91H,3-5,7,9-11,13,15-17,19,21-23,25,27-30,32-33,35-37,39,41-60H2,1-2H3,(H,79,84)/b8-6-,14-12-,20-18-,26-24-,34-31-,40-38-. The zero-order valence-electron chi connectivity index (χ0n) is 60.0. The average molecular weight is 1380 g/mol. The molecule has 3 aliphatic rings. The van der Waals surface area contributed by atoms with Crippen LogP contribution in [0.3, 0.4) is 0 Å². The second kappa shape index (κ2) is 58.7. The van der Waals surface area contributed by atoms with E-state index in [-0.39, 0.29) is 18.9 Å². The molecule has 3 aliphatic heterocycles. The van der Waals surface area contributed by atoms with Gasteiger partial charge < -0.3 is 89.9 Å². The molecule has 0 radical (unpaired) electrons. The number of allylic oxidation sites excluding steroid dienone is 12. The summed E-state index contributed by atoms with van der Waals surface area (Å²) in [5, 5.41) is 121. The van der Waals surface area contributed by atoms with Crippen molar-refractivity contribution in [3.63, 3.8) is 0 Å². The Morgan fingerprint density at radius 1 is 0.381 bits per heavy atom. The summed E-state index contributed by atoms with van der Waals surface area (Å²) in [5.41, 5.74) is 0. The summed E-state index contributed by atoms with van der Waals surface area (Å²) in [6, 6.07) is -0.902. The van der Waals surface area contributed by atoms with Crippen LogP contribution in [0.5, 0.6) is 0 Å². The molecule has 0 spiro atoms. The second-order valence-corrected chi connectivity index (χ2v) is 27.4. The molecule has 12 N–H and O–H groups in total. The third kappa shape index (κ3) is 39.5. The van der Waals surface area contributed by atoms with Crippen molar-refractivity contribution in [3.8, 4) is 0 Å². The number of rotatable bonds is 60. The summed E-state index contributed by atoms with van der Waals surface area (Å²) < 4.78 is 34.5. The van der Waals surface area contributed by atoms with E-state index in [2.05, 4.69) is 92.1 Å². The SMILES string of the molecule is CC/C=C\C/C=C\C/C=C\C/C=C\C/C=C\C/C=C\CCCCCCCCC(=O)NC(COC1OC(CO)C(OC2OC(CO)C(OC3OC(CO)C(O)C(O)C3O)C(O)C2O)C(O)C1O)C(O)CCCCCCCCCCCCCCCCCCCCCCCCCCCCC. The van der Waals surface area contributed by atoms with Gasteiger partial charge in [0.2, 0.25) is 5.91 Å². The summed E-state index contributed by atoms with van der Waals surface area (Å²) in [5.74, 6) is -0.257. The van der Waals surface area contributed by atoms with Crippen LogP contribution in [0.2, 0.25) is 0 Å². The summed E-state index contributed by atoms with van der Waals surface area (Å²) in [7, 11) is 0. The largest absolute Gasteiger partial charge is 0.394 e. The number of aliphatic hydroxyl groups excluding tert-OH is 11. The molecule has 17 atom stereocenters. The van der Waals surface area contributed by atoms with E-state index < -0.39 is 124 Å². The molecule has 3 rings (SSSR count). The number of carbonyl (C=O) groups is 1. The number of hydrogen-bond donors (Lipinski definition) is 12. The number of unbranched alkanes of at least 4 members (excludes halogenated alkanes) is 32. The highest BCUT2D eigenvalue weighted by Crippen LogP contribution is 2.33. The fourth-order valence-corrected chi connectivity index (χ4v) is 12.8. The first-order valence-electron chi connectivity index (χ1n) is 38.7. The topological polar surface area (TPSA) is 307 Å². The quantitative estimate of drug-likeness (QED) is 0.0199. The van der Waals surface area contributed by atoms with Gasteiger partial charge in [0.25, 0.3) is 0 Å². The monoisotopic (exact) mass is 1380 g/mol. The minimum atomic E-state index is -1.98. The molecule has 17 unspecified atom stereocenters. The number of ether oxygens (including phenoxy) is 6. The number of nitrogens with one attached hydrogen (secondary N) is 1. The van der Waals surface area contributed by atoms with E-state index in [1.807, 2.05) is 0 Å². The first kappa shape index (κ1) is 88.4. The Kier molecular flexibility index (Phi) is 53.5. The van der Waals surface area contributed by atoms with Crippen LogP contribution in [0.4, 0.5) is 0 Å². The first-order chi connectivity index (χ1) is 47.3. The van der Waals surface area contributed by atoms with Crippen molar-refractivity contribution in [3.05, 3.63) is 72.9 Å². The van der Waals surface area contributed by atoms with Crippen molar-refractivity contribution < 1.29 is 89.4 Å². The molecule has 0 bridgehead atoms. The Bertz CT molecular complexity index is 2040. The summed E-state index contributed by atoms with van der Waals surface area (Å²) in [6.45, 7) is 1.70. The van der Waals surface area contributed by atoms with Gasteiger partial charge in [-0.3, -0.25) is 4.79 Å². The van der Waals surface area contributed by atoms with Gasteiger partial charge in [-0.05, 0) is 64.2 Å². The zero-order chi connectivity index (χ0) is 70.4. The van der Waals surface area contributed by atoms with Crippen molar-refractivity contribution >= 4 is 5.91 Å². The van der Waals surface area contributed by atoms with E-state index in [1.165, 1.54) is 148 Å². The molecular weight excluding hydrogens is 1240 g/mol. The second-order valence-electron chi connectivity index (χ2n) is 27.4. The van der Waals surface area contributed by atoms with Gasteiger partial charge in [0.1, 0.15) is 73.2 Å². The molecule has 564 valence electrons. The maximum absolute atomic E-state index is 13.5. The van der Waals surface area contributed by atoms with Crippen molar-refractivity contribution in [1.29, 1.82) is 0 Å². The third-order valence-corrected chi connectivity index (χ3v) is 19.0. The predicted octanol–water partition coefficient (Wildman–Crippen LogP) is 12.1. The fraction of sp³-hybridized carbons (Fsp3) is 0.833. The number of aliphatic hydroxyl groups is 11. The van der Waals surface area contributed by atoms with Gasteiger partial charge >= 0.3 is 0 Å². The van der Waals surface area contributed by atoms with Crippen LogP contribution in [0.1, 0.15) is 284 Å². The van der Waals surface area contributed by atoms with E-state index in [4.69, 9.17) is 28.4 Å². The Morgan fingerprint density at radius 3 is 1.11 bits per heavy atom. The summed E-state index contributed by atoms with van der Waals surface area (Å²) >= 11 is 0. The maximum Gasteiger partial charge on any atom is 0.220 e. The molecule has 3 heterocycles. The molecule has 19 heteroatoms. The van der Waals surface area contributed by atoms with E-state index in [0.717, 1.165) is 103 Å². The lowest BCUT2D eigenvalue weighted by Gasteiger charge is -2.48. The molecule has 3 saturated heterocycles. The zero-order valence-corrected chi connectivity index (χ0v) is 60.0. The third-order valence-electron chi connectivity index (χ3n) is 19.0. The van der Waals surface area contributed by atoms with Gasteiger partial charge in [-0.15, -0.1) is 0 Å². The molecular formula is C78H139NO18. The molecule has 3 fully saturated rings. The number of carbonyl (C=O) groups excluding carboxylic acids is 1. The van der Waals surface area contributed by atoms with E-state index >= 15 is 0 Å². The van der Waals surface area contributed by atoms with Crippen LogP contribution in [0, 0.1) is 0 Å². The fourth-order valence-electron chi connectivity index (χ4n) is 12.8. The maximum atomic E-state index is 13.5. The van der Waals surface area contributed by atoms with E-state index in [9.17, 15) is 61.0 Å². The molecule has 1 amide bonds. The molecule has 0 aromatic carbocycles. The Hall–Kier alpha value is -2.77. The van der Waals surface area contributed by atoms with Crippen LogP contribution in [-0.2, 0) is 33.2 Å². The van der Waals surface area contributed by atoms with Crippen molar-refractivity contribution in [2.75, 3.05) is 26.4 Å². The van der Waals surface area contributed by atoms with Crippen LogP contribution in [-0.4, -0.2) is 193 Å². The Morgan fingerprint density at radius 2 is 0.711 bits per heavy atom. The Balaban J connectivity index is 1.40. The summed E-state index contributed by atoms with van der Waals surface area (Å²) in [4.78, 5) is 13.5. The molecule has 0 saturated carbocycles. The van der Waals surface area contributed by atoms with Gasteiger partial charge in [-0.2, -0.15) is 0 Å². The molecule has 0 aromatic rings. The molecule has 97 heavy (non-hydrogen) atoms. The van der Waals surface area contributed by atoms with Crippen molar-refractivity contribution in [1.82, 2.24) is 5.32 Å². The lowest BCUT2D eigenvalue weighted by Crippen LogP contribution is -2.66. The van der Waals surface area contributed by atoms with Crippen LogP contribution in [0.25, 0.3) is 0 Å². The van der Waals surface area contributed by atoms with Gasteiger partial charge in [-0.25, -0.2) is 0 Å². The van der Waals surface area contributed by atoms with Crippen molar-refractivity contribution in [2.45, 2.75) is 388 Å². The number of hydrogen-bond acceptors (Lipinski definition) is 18. The van der Waals surface area contributed by atoms with E-state index in [1.54, 1.807) is 0 Å². The van der Waals surface area contributed by atoms with Crippen molar-refractivity contribution in [2.24, 2.45) is 0 Å². The average Bonchev–Trinajstić information content (AvgIpc) is 0.797. The lowest BCUT2D eigenvalue weighted by molar-refractivity contribution is -0.379. The van der Waals surface area contributed by atoms with Gasteiger partial charge in [0.15, 0.2) is 18.9 Å². The first-order valence-corrected chi connectivity index (χ1v) is 38.7.